The Labute approximate surface area is 136 Å². The minimum atomic E-state index is -3.51. The fourth-order valence-corrected chi connectivity index (χ4v) is 4.74. The summed E-state index contributed by atoms with van der Waals surface area (Å²) in [5.74, 6) is 0.791. The van der Waals surface area contributed by atoms with E-state index in [1.54, 1.807) is 18.2 Å². The molecule has 0 unspecified atom stereocenters. The van der Waals surface area contributed by atoms with Gasteiger partial charge in [0.1, 0.15) is 5.75 Å². The van der Waals surface area contributed by atoms with Gasteiger partial charge in [-0.25, -0.2) is 13.1 Å². The zero-order chi connectivity index (χ0) is 15.9. The van der Waals surface area contributed by atoms with Crippen LogP contribution in [0.4, 0.5) is 0 Å². The fourth-order valence-electron chi connectivity index (χ4n) is 3.63. The van der Waals surface area contributed by atoms with Crippen molar-refractivity contribution < 1.29 is 17.9 Å². The van der Waals surface area contributed by atoms with Crippen LogP contribution in [0.25, 0.3) is 0 Å². The van der Waals surface area contributed by atoms with Crippen molar-refractivity contribution in [3.8, 4) is 5.75 Å². The molecule has 126 valence electrons. The van der Waals surface area contributed by atoms with E-state index in [4.69, 9.17) is 9.47 Å². The van der Waals surface area contributed by atoms with E-state index in [-0.39, 0.29) is 6.10 Å². The van der Waals surface area contributed by atoms with Crippen molar-refractivity contribution in [2.24, 2.45) is 0 Å². The van der Waals surface area contributed by atoms with Crippen molar-refractivity contribution in [2.75, 3.05) is 32.8 Å². The van der Waals surface area contributed by atoms with Crippen LogP contribution in [0.2, 0.25) is 0 Å². The quantitative estimate of drug-likeness (QED) is 0.878. The maximum atomic E-state index is 12.5. The second kappa shape index (κ2) is 6.05. The lowest BCUT2D eigenvalue weighted by atomic mass is 10.2. The molecule has 2 atom stereocenters. The molecule has 0 bridgehead atoms. The van der Waals surface area contributed by atoms with E-state index in [2.05, 4.69) is 9.62 Å². The van der Waals surface area contributed by atoms with Gasteiger partial charge in [-0.1, -0.05) is 0 Å². The molecule has 0 aromatic heterocycles. The number of morpholine rings is 1. The lowest BCUT2D eigenvalue weighted by Crippen LogP contribution is -2.50. The smallest absolute Gasteiger partial charge is 0.240 e. The van der Waals surface area contributed by atoms with Crippen LogP contribution in [0.3, 0.4) is 0 Å². The third-order valence-electron chi connectivity index (χ3n) is 4.93. The first-order chi connectivity index (χ1) is 11.1. The molecule has 4 rings (SSSR count). The first-order valence-electron chi connectivity index (χ1n) is 8.23. The van der Waals surface area contributed by atoms with E-state index in [0.29, 0.717) is 30.7 Å². The number of sulfonamides is 1. The highest BCUT2D eigenvalue weighted by Crippen LogP contribution is 2.27. The second-order valence-electron chi connectivity index (χ2n) is 6.47. The molecule has 1 aromatic rings. The minimum Gasteiger partial charge on any atom is -0.493 e. The van der Waals surface area contributed by atoms with Crippen LogP contribution in [0.1, 0.15) is 18.4 Å². The molecule has 23 heavy (non-hydrogen) atoms. The molecule has 0 radical (unpaired) electrons. The summed E-state index contributed by atoms with van der Waals surface area (Å²) in [6, 6.07) is 5.58. The molecule has 2 fully saturated rings. The van der Waals surface area contributed by atoms with Gasteiger partial charge in [0.15, 0.2) is 0 Å². The van der Waals surface area contributed by atoms with Crippen molar-refractivity contribution in [3.63, 3.8) is 0 Å². The monoisotopic (exact) mass is 338 g/mol. The zero-order valence-electron chi connectivity index (χ0n) is 13.0. The van der Waals surface area contributed by atoms with Crippen LogP contribution >= 0.6 is 0 Å². The summed E-state index contributed by atoms with van der Waals surface area (Å²) in [6.45, 7) is 3.56. The summed E-state index contributed by atoms with van der Waals surface area (Å²) in [4.78, 5) is 2.71. The van der Waals surface area contributed by atoms with E-state index >= 15 is 0 Å². The molecule has 3 heterocycles. The maximum absolute atomic E-state index is 12.5. The van der Waals surface area contributed by atoms with Gasteiger partial charge in [-0.2, -0.15) is 0 Å². The van der Waals surface area contributed by atoms with Crippen molar-refractivity contribution >= 4 is 10.0 Å². The van der Waals surface area contributed by atoms with Gasteiger partial charge in [-0.3, -0.25) is 4.90 Å². The minimum absolute atomic E-state index is 0.0723. The molecule has 6 nitrogen and oxygen atoms in total. The van der Waals surface area contributed by atoms with Gasteiger partial charge in [-0.15, -0.1) is 0 Å². The summed E-state index contributed by atoms with van der Waals surface area (Å²) < 4.78 is 38.9. The first-order valence-corrected chi connectivity index (χ1v) is 9.71. The molecule has 2 saturated heterocycles. The highest BCUT2D eigenvalue weighted by atomic mass is 32.2. The standard InChI is InChI=1S/C16H22N2O4S/c19-23(20,15-3-4-16-12(8-15)5-7-21-16)17-9-14-10-18-6-1-2-13(18)11-22-14/h3-4,8,13-14,17H,1-2,5-7,9-11H2/t13-,14+/m1/s1. The molecular weight excluding hydrogens is 316 g/mol. The van der Waals surface area contributed by atoms with E-state index in [0.717, 1.165) is 30.8 Å². The molecule has 3 aliphatic heterocycles. The fraction of sp³-hybridized carbons (Fsp3) is 0.625. The first kappa shape index (κ1) is 15.4. The highest BCUT2D eigenvalue weighted by molar-refractivity contribution is 7.89. The number of hydrogen-bond donors (Lipinski definition) is 1. The number of fused-ring (bicyclic) bond motifs is 2. The van der Waals surface area contributed by atoms with Gasteiger partial charge in [0.2, 0.25) is 10.0 Å². The van der Waals surface area contributed by atoms with Gasteiger partial charge >= 0.3 is 0 Å². The van der Waals surface area contributed by atoms with Gasteiger partial charge in [0.25, 0.3) is 0 Å². The van der Waals surface area contributed by atoms with Crippen LogP contribution in [-0.4, -0.2) is 58.3 Å². The van der Waals surface area contributed by atoms with Crippen molar-refractivity contribution in [1.82, 2.24) is 9.62 Å². The molecule has 1 N–H and O–H groups in total. The van der Waals surface area contributed by atoms with Gasteiger partial charge < -0.3 is 9.47 Å². The number of benzene rings is 1. The Morgan fingerprint density at radius 2 is 2.26 bits per heavy atom. The number of ether oxygens (including phenoxy) is 2. The lowest BCUT2D eigenvalue weighted by Gasteiger charge is -2.35. The Morgan fingerprint density at radius 1 is 1.35 bits per heavy atom. The van der Waals surface area contributed by atoms with Crippen LogP contribution in [-0.2, 0) is 21.2 Å². The molecule has 1 aromatic carbocycles. The molecule has 0 aliphatic carbocycles. The molecule has 3 aliphatic rings. The van der Waals surface area contributed by atoms with Crippen molar-refractivity contribution in [3.05, 3.63) is 23.8 Å². The Bertz CT molecular complexity index is 691. The van der Waals surface area contributed by atoms with E-state index in [1.165, 1.54) is 12.8 Å². The average Bonchev–Trinajstić information content (AvgIpc) is 3.20. The Morgan fingerprint density at radius 3 is 3.17 bits per heavy atom. The lowest BCUT2D eigenvalue weighted by molar-refractivity contribution is -0.0449. The topological polar surface area (TPSA) is 67.9 Å². The Kier molecular flexibility index (Phi) is 4.05. The van der Waals surface area contributed by atoms with Gasteiger partial charge in [0, 0.05) is 25.6 Å². The number of hydrogen-bond acceptors (Lipinski definition) is 5. The normalized spacial score (nSPS) is 27.5. The highest BCUT2D eigenvalue weighted by Gasteiger charge is 2.32. The number of nitrogens with zero attached hydrogens (tertiary/aromatic N) is 1. The number of nitrogens with one attached hydrogen (secondary N) is 1. The van der Waals surface area contributed by atoms with E-state index in [9.17, 15) is 8.42 Å². The largest absolute Gasteiger partial charge is 0.493 e. The van der Waals surface area contributed by atoms with Crippen molar-refractivity contribution in [1.29, 1.82) is 0 Å². The average molecular weight is 338 g/mol. The van der Waals surface area contributed by atoms with Crippen LogP contribution < -0.4 is 9.46 Å². The summed E-state index contributed by atoms with van der Waals surface area (Å²) in [6.07, 6.45) is 3.09. The Balaban J connectivity index is 1.40. The van der Waals surface area contributed by atoms with E-state index < -0.39 is 10.0 Å². The molecule has 0 spiro atoms. The number of rotatable bonds is 4. The molecule has 0 amide bonds. The van der Waals surface area contributed by atoms with Gasteiger partial charge in [0.05, 0.1) is 24.2 Å². The SMILES string of the molecule is O=S(=O)(NC[C@H]1CN2CCC[C@@H]2CO1)c1ccc2c(c1)CCO2. The summed E-state index contributed by atoms with van der Waals surface area (Å²) >= 11 is 0. The van der Waals surface area contributed by atoms with E-state index in [1.807, 2.05) is 0 Å². The molecule has 7 heteroatoms. The second-order valence-corrected chi connectivity index (χ2v) is 8.23. The summed E-state index contributed by atoms with van der Waals surface area (Å²) in [5, 5.41) is 0. The van der Waals surface area contributed by atoms with Crippen LogP contribution in [0.15, 0.2) is 23.1 Å². The van der Waals surface area contributed by atoms with Gasteiger partial charge in [-0.05, 0) is 43.1 Å². The third kappa shape index (κ3) is 3.10. The van der Waals surface area contributed by atoms with Crippen molar-refractivity contribution in [2.45, 2.75) is 36.3 Å². The Hall–Kier alpha value is -1.15. The summed E-state index contributed by atoms with van der Waals surface area (Å²) in [5.41, 5.74) is 0.960. The molecular formula is C16H22N2O4S. The predicted molar refractivity (Wildman–Crippen MR) is 85.2 cm³/mol. The maximum Gasteiger partial charge on any atom is 0.240 e. The third-order valence-corrected chi connectivity index (χ3v) is 6.36. The predicted octanol–water partition coefficient (Wildman–Crippen LogP) is 0.763. The zero-order valence-corrected chi connectivity index (χ0v) is 13.8. The summed E-state index contributed by atoms with van der Waals surface area (Å²) in [7, 11) is -3.51. The van der Waals surface area contributed by atoms with Crippen LogP contribution in [0, 0.1) is 0 Å². The molecule has 0 saturated carbocycles. The van der Waals surface area contributed by atoms with Crippen LogP contribution in [0.5, 0.6) is 5.75 Å².